The molecule has 2 aromatic rings. The standard InChI is InChI=1S/C22H28N2O4S/c1-2-28-21-11-8-19(9-12-21)10-13-22(25)23-14-16-24(17-15-23)29(26,27)18-20-6-4-3-5-7-20/h3-9,11-12H,2,10,13-18H2,1H3. The van der Waals surface area contributed by atoms with E-state index in [4.69, 9.17) is 4.74 Å². The van der Waals surface area contributed by atoms with Gasteiger partial charge in [0.2, 0.25) is 15.9 Å². The maximum Gasteiger partial charge on any atom is 0.222 e. The summed E-state index contributed by atoms with van der Waals surface area (Å²) in [4.78, 5) is 14.3. The minimum absolute atomic E-state index is 0.000469. The zero-order chi connectivity index (χ0) is 20.7. The molecule has 1 heterocycles. The third-order valence-corrected chi connectivity index (χ3v) is 6.89. The second kappa shape index (κ2) is 9.89. The lowest BCUT2D eigenvalue weighted by Crippen LogP contribution is -2.50. The Bertz CT molecular complexity index is 890. The van der Waals surface area contributed by atoms with Gasteiger partial charge in [-0.15, -0.1) is 0 Å². The average Bonchev–Trinajstić information content (AvgIpc) is 2.74. The zero-order valence-electron chi connectivity index (χ0n) is 16.8. The molecule has 0 radical (unpaired) electrons. The number of ether oxygens (including phenoxy) is 1. The summed E-state index contributed by atoms with van der Waals surface area (Å²) in [5.74, 6) is 0.897. The van der Waals surface area contributed by atoms with Crippen LogP contribution in [0.5, 0.6) is 5.75 Å². The number of nitrogens with zero attached hydrogens (tertiary/aromatic N) is 2. The fourth-order valence-electron chi connectivity index (χ4n) is 3.42. The van der Waals surface area contributed by atoms with Crippen LogP contribution in [0.1, 0.15) is 24.5 Å². The molecule has 1 fully saturated rings. The number of rotatable bonds is 8. The van der Waals surface area contributed by atoms with Crippen LogP contribution < -0.4 is 4.74 Å². The predicted molar refractivity (Wildman–Crippen MR) is 113 cm³/mol. The highest BCUT2D eigenvalue weighted by molar-refractivity contribution is 7.88. The quantitative estimate of drug-likeness (QED) is 0.664. The molecule has 156 valence electrons. The molecule has 0 aromatic heterocycles. The predicted octanol–water partition coefficient (Wildman–Crippen LogP) is 2.69. The molecule has 3 rings (SSSR count). The summed E-state index contributed by atoms with van der Waals surface area (Å²) in [6.07, 6.45) is 1.09. The lowest BCUT2D eigenvalue weighted by Gasteiger charge is -2.34. The van der Waals surface area contributed by atoms with Gasteiger partial charge in [0.05, 0.1) is 12.4 Å². The lowest BCUT2D eigenvalue weighted by molar-refractivity contribution is -0.132. The minimum Gasteiger partial charge on any atom is -0.494 e. The monoisotopic (exact) mass is 416 g/mol. The normalized spacial score (nSPS) is 15.3. The molecule has 7 heteroatoms. The number of sulfonamides is 1. The highest BCUT2D eigenvalue weighted by Crippen LogP contribution is 2.16. The largest absolute Gasteiger partial charge is 0.494 e. The number of carbonyl (C=O) groups excluding carboxylic acids is 1. The van der Waals surface area contributed by atoms with Crippen LogP contribution in [0.15, 0.2) is 54.6 Å². The Morgan fingerprint density at radius 1 is 0.931 bits per heavy atom. The van der Waals surface area contributed by atoms with Crippen molar-refractivity contribution in [2.45, 2.75) is 25.5 Å². The first-order chi connectivity index (χ1) is 14.0. The summed E-state index contributed by atoms with van der Waals surface area (Å²) in [5.41, 5.74) is 1.87. The van der Waals surface area contributed by atoms with Crippen molar-refractivity contribution in [2.75, 3.05) is 32.8 Å². The van der Waals surface area contributed by atoms with Crippen LogP contribution >= 0.6 is 0 Å². The van der Waals surface area contributed by atoms with Crippen LogP contribution in [0.2, 0.25) is 0 Å². The van der Waals surface area contributed by atoms with Crippen molar-refractivity contribution < 1.29 is 17.9 Å². The van der Waals surface area contributed by atoms with Crippen LogP contribution in [-0.2, 0) is 27.0 Å². The van der Waals surface area contributed by atoms with Crippen molar-refractivity contribution in [3.8, 4) is 5.75 Å². The van der Waals surface area contributed by atoms with E-state index in [1.807, 2.05) is 61.5 Å². The number of amides is 1. The summed E-state index contributed by atoms with van der Waals surface area (Å²) >= 11 is 0. The molecule has 0 spiro atoms. The zero-order valence-corrected chi connectivity index (χ0v) is 17.6. The number of piperazine rings is 1. The average molecular weight is 417 g/mol. The molecule has 0 unspecified atom stereocenters. The lowest BCUT2D eigenvalue weighted by atomic mass is 10.1. The molecule has 2 aromatic carbocycles. The van der Waals surface area contributed by atoms with Gasteiger partial charge in [-0.2, -0.15) is 4.31 Å². The van der Waals surface area contributed by atoms with E-state index in [0.29, 0.717) is 45.6 Å². The van der Waals surface area contributed by atoms with Crippen LogP contribution in [0.25, 0.3) is 0 Å². The molecule has 0 N–H and O–H groups in total. The van der Waals surface area contributed by atoms with Crippen LogP contribution in [-0.4, -0.2) is 56.3 Å². The number of benzene rings is 2. The highest BCUT2D eigenvalue weighted by atomic mass is 32.2. The van der Waals surface area contributed by atoms with Crippen molar-refractivity contribution in [2.24, 2.45) is 0 Å². The molecule has 0 bridgehead atoms. The maximum atomic E-state index is 12.6. The van der Waals surface area contributed by atoms with Gasteiger partial charge in [0.15, 0.2) is 0 Å². The molecule has 1 saturated heterocycles. The van der Waals surface area contributed by atoms with Gasteiger partial charge in [-0.05, 0) is 36.6 Å². The molecule has 6 nitrogen and oxygen atoms in total. The number of carbonyl (C=O) groups is 1. The molecule has 1 aliphatic rings. The third-order valence-electron chi connectivity index (χ3n) is 5.04. The van der Waals surface area contributed by atoms with Crippen LogP contribution in [0.3, 0.4) is 0 Å². The van der Waals surface area contributed by atoms with Crippen LogP contribution in [0, 0.1) is 0 Å². The number of aryl methyl sites for hydroxylation is 1. The van der Waals surface area contributed by atoms with Crippen LogP contribution in [0.4, 0.5) is 0 Å². The van der Waals surface area contributed by atoms with E-state index in [9.17, 15) is 13.2 Å². The Morgan fingerprint density at radius 3 is 2.21 bits per heavy atom. The van der Waals surface area contributed by atoms with E-state index in [0.717, 1.165) is 16.9 Å². The van der Waals surface area contributed by atoms with E-state index < -0.39 is 10.0 Å². The van der Waals surface area contributed by atoms with Gasteiger partial charge in [-0.25, -0.2) is 8.42 Å². The smallest absolute Gasteiger partial charge is 0.222 e. The molecule has 1 aliphatic heterocycles. The highest BCUT2D eigenvalue weighted by Gasteiger charge is 2.28. The van der Waals surface area contributed by atoms with Crippen molar-refractivity contribution in [1.82, 2.24) is 9.21 Å². The fraction of sp³-hybridized carbons (Fsp3) is 0.409. The van der Waals surface area contributed by atoms with E-state index in [-0.39, 0.29) is 11.7 Å². The van der Waals surface area contributed by atoms with Gasteiger partial charge in [-0.1, -0.05) is 42.5 Å². The van der Waals surface area contributed by atoms with Crippen molar-refractivity contribution in [3.05, 3.63) is 65.7 Å². The fourth-order valence-corrected chi connectivity index (χ4v) is 4.94. The second-order valence-corrected chi connectivity index (χ2v) is 9.07. The third kappa shape index (κ3) is 6.05. The Labute approximate surface area is 173 Å². The van der Waals surface area contributed by atoms with Gasteiger partial charge in [0.1, 0.15) is 5.75 Å². The molecule has 0 aliphatic carbocycles. The molecular weight excluding hydrogens is 388 g/mol. The summed E-state index contributed by atoms with van der Waals surface area (Å²) in [7, 11) is -3.37. The van der Waals surface area contributed by atoms with Gasteiger partial charge in [-0.3, -0.25) is 4.79 Å². The topological polar surface area (TPSA) is 66.9 Å². The Hall–Kier alpha value is -2.38. The van der Waals surface area contributed by atoms with Crippen molar-refractivity contribution >= 4 is 15.9 Å². The molecule has 1 amide bonds. The molecule has 0 saturated carbocycles. The minimum atomic E-state index is -3.37. The van der Waals surface area contributed by atoms with Crippen molar-refractivity contribution in [1.29, 1.82) is 0 Å². The van der Waals surface area contributed by atoms with Gasteiger partial charge in [0, 0.05) is 32.6 Å². The summed E-state index contributed by atoms with van der Waals surface area (Å²) in [6, 6.07) is 17.0. The van der Waals surface area contributed by atoms with E-state index in [2.05, 4.69) is 0 Å². The first-order valence-corrected chi connectivity index (χ1v) is 11.6. The number of hydrogen-bond acceptors (Lipinski definition) is 4. The SMILES string of the molecule is CCOc1ccc(CCC(=O)N2CCN(S(=O)(=O)Cc3ccccc3)CC2)cc1. The van der Waals surface area contributed by atoms with E-state index in [1.54, 1.807) is 4.90 Å². The van der Waals surface area contributed by atoms with E-state index >= 15 is 0 Å². The Morgan fingerprint density at radius 2 is 1.59 bits per heavy atom. The molecule has 29 heavy (non-hydrogen) atoms. The summed E-state index contributed by atoms with van der Waals surface area (Å²) in [5, 5.41) is 0. The maximum absolute atomic E-state index is 12.6. The summed E-state index contributed by atoms with van der Waals surface area (Å²) in [6.45, 7) is 4.16. The Balaban J connectivity index is 1.46. The van der Waals surface area contributed by atoms with Gasteiger partial charge in [0.25, 0.3) is 0 Å². The number of hydrogen-bond donors (Lipinski definition) is 0. The molecule has 0 atom stereocenters. The summed E-state index contributed by atoms with van der Waals surface area (Å²) < 4.78 is 32.2. The second-order valence-electron chi connectivity index (χ2n) is 7.10. The van der Waals surface area contributed by atoms with Gasteiger partial charge >= 0.3 is 0 Å². The Kier molecular flexibility index (Phi) is 7.28. The van der Waals surface area contributed by atoms with Crippen molar-refractivity contribution in [3.63, 3.8) is 0 Å². The van der Waals surface area contributed by atoms with Gasteiger partial charge < -0.3 is 9.64 Å². The molecular formula is C22H28N2O4S. The van der Waals surface area contributed by atoms with E-state index in [1.165, 1.54) is 4.31 Å². The first-order valence-electron chi connectivity index (χ1n) is 9.99. The first kappa shape index (κ1) is 21.3.